The van der Waals surface area contributed by atoms with Gasteiger partial charge in [-0.25, -0.2) is 8.42 Å². The molecule has 3 aromatic carbocycles. The molecule has 0 aliphatic carbocycles. The quantitative estimate of drug-likeness (QED) is 0.308. The van der Waals surface area contributed by atoms with Gasteiger partial charge in [0.05, 0.1) is 10.6 Å². The zero-order valence-electron chi connectivity index (χ0n) is 22.4. The Morgan fingerprint density at radius 1 is 0.897 bits per heavy atom. The van der Waals surface area contributed by atoms with Crippen molar-refractivity contribution in [2.45, 2.75) is 51.6 Å². The molecule has 3 rings (SSSR count). The number of carbonyl (C=O) groups is 2. The van der Waals surface area contributed by atoms with Crippen LogP contribution in [0.5, 0.6) is 0 Å². The van der Waals surface area contributed by atoms with Gasteiger partial charge in [-0.3, -0.25) is 13.9 Å². The molecule has 3 aromatic rings. The Bertz CT molecular complexity index is 1390. The van der Waals surface area contributed by atoms with E-state index in [1.165, 1.54) is 35.2 Å². The van der Waals surface area contributed by atoms with E-state index < -0.39 is 28.5 Å². The number of nitrogens with one attached hydrogen (secondary N) is 1. The second-order valence-electron chi connectivity index (χ2n) is 9.43. The molecule has 0 aromatic heterocycles. The molecule has 208 valence electrons. The molecule has 7 nitrogen and oxygen atoms in total. The molecule has 0 saturated heterocycles. The molecule has 1 N–H and O–H groups in total. The molecule has 2 amide bonds. The van der Waals surface area contributed by atoms with Crippen molar-refractivity contribution in [2.24, 2.45) is 0 Å². The maximum absolute atomic E-state index is 13.9. The highest BCUT2D eigenvalue weighted by Crippen LogP contribution is 2.30. The number of hydrogen-bond donors (Lipinski definition) is 1. The van der Waals surface area contributed by atoms with E-state index >= 15 is 0 Å². The summed E-state index contributed by atoms with van der Waals surface area (Å²) in [6.07, 6.45) is 0.739. The van der Waals surface area contributed by atoms with Gasteiger partial charge >= 0.3 is 0 Å². The molecule has 39 heavy (non-hydrogen) atoms. The average molecular weight is 591 g/mol. The molecule has 0 heterocycles. The fourth-order valence-corrected chi connectivity index (χ4v) is 5.83. The predicted octanol–water partition coefficient (Wildman–Crippen LogP) is 5.75. The molecule has 10 heteroatoms. The second-order valence-corrected chi connectivity index (χ2v) is 12.2. The lowest BCUT2D eigenvalue weighted by molar-refractivity contribution is -0.139. The number of rotatable bonds is 11. The van der Waals surface area contributed by atoms with Gasteiger partial charge in [-0.15, -0.1) is 0 Å². The van der Waals surface area contributed by atoms with Gasteiger partial charge in [-0.05, 0) is 63.1 Å². The minimum atomic E-state index is -4.20. The van der Waals surface area contributed by atoms with Crippen LogP contribution in [0.4, 0.5) is 5.69 Å². The molecule has 0 saturated carbocycles. The third-order valence-corrected chi connectivity index (χ3v) is 8.44. The summed E-state index contributed by atoms with van der Waals surface area (Å²) in [4.78, 5) is 28.2. The number of anilines is 1. The molecule has 0 fully saturated rings. The number of benzene rings is 3. The molecule has 1 atom stereocenters. The Labute approximate surface area is 240 Å². The first-order valence-electron chi connectivity index (χ1n) is 12.6. The number of halogens is 2. The van der Waals surface area contributed by atoms with E-state index in [0.717, 1.165) is 27.4 Å². The maximum Gasteiger partial charge on any atom is 0.264 e. The van der Waals surface area contributed by atoms with Gasteiger partial charge in [0.1, 0.15) is 12.6 Å². The van der Waals surface area contributed by atoms with Crippen molar-refractivity contribution < 1.29 is 18.0 Å². The predicted molar refractivity (Wildman–Crippen MR) is 157 cm³/mol. The van der Waals surface area contributed by atoms with Crippen molar-refractivity contribution in [1.82, 2.24) is 10.2 Å². The fourth-order valence-electron chi connectivity index (χ4n) is 3.92. The molecule has 0 aliphatic rings. The minimum Gasteiger partial charge on any atom is -0.354 e. The standard InChI is InChI=1S/C29H33Cl2N3O4S/c1-5-14-32-29(36)22(4)33(18-23-10-6-20(2)7-11-23)28(35)19-34(26-16-24(30)15-25(31)17-26)39(37,38)27-12-8-21(3)9-13-27/h6-13,15-17,22H,5,14,18-19H2,1-4H3,(H,32,36). The SMILES string of the molecule is CCCNC(=O)C(C)N(Cc1ccc(C)cc1)C(=O)CN(c1cc(Cl)cc(Cl)c1)S(=O)(=O)c1ccc(C)cc1. The van der Waals surface area contributed by atoms with Gasteiger partial charge in [0.25, 0.3) is 10.0 Å². The lowest BCUT2D eigenvalue weighted by atomic mass is 10.1. The van der Waals surface area contributed by atoms with Gasteiger partial charge in [0, 0.05) is 23.1 Å². The van der Waals surface area contributed by atoms with Crippen LogP contribution in [0.3, 0.4) is 0 Å². The Kier molecular flexibility index (Phi) is 10.4. The first kappa shape index (κ1) is 30.5. The molecular weight excluding hydrogens is 557 g/mol. The molecular formula is C29H33Cl2N3O4S. The summed E-state index contributed by atoms with van der Waals surface area (Å²) in [6.45, 7) is 7.39. The minimum absolute atomic E-state index is 0.0100. The van der Waals surface area contributed by atoms with E-state index in [0.29, 0.717) is 6.54 Å². The zero-order chi connectivity index (χ0) is 28.7. The highest BCUT2D eigenvalue weighted by molar-refractivity contribution is 7.92. The van der Waals surface area contributed by atoms with Gasteiger partial charge < -0.3 is 10.2 Å². The largest absolute Gasteiger partial charge is 0.354 e. The number of sulfonamides is 1. The van der Waals surface area contributed by atoms with Crippen LogP contribution in [-0.2, 0) is 26.2 Å². The average Bonchev–Trinajstić information content (AvgIpc) is 2.89. The Morgan fingerprint density at radius 3 is 1.97 bits per heavy atom. The van der Waals surface area contributed by atoms with Crippen LogP contribution in [0.1, 0.15) is 37.0 Å². The summed E-state index contributed by atoms with van der Waals surface area (Å²) in [5, 5.41) is 3.26. The molecule has 0 radical (unpaired) electrons. The van der Waals surface area contributed by atoms with Crippen LogP contribution in [0, 0.1) is 13.8 Å². The number of amides is 2. The van der Waals surface area contributed by atoms with Crippen LogP contribution in [0.25, 0.3) is 0 Å². The van der Waals surface area contributed by atoms with Crippen molar-refractivity contribution in [3.63, 3.8) is 0 Å². The summed E-state index contributed by atoms with van der Waals surface area (Å²) in [5.74, 6) is -0.877. The van der Waals surface area contributed by atoms with E-state index in [9.17, 15) is 18.0 Å². The van der Waals surface area contributed by atoms with Crippen molar-refractivity contribution in [3.05, 3.63) is 93.5 Å². The van der Waals surface area contributed by atoms with Crippen LogP contribution >= 0.6 is 23.2 Å². The Morgan fingerprint density at radius 2 is 1.44 bits per heavy atom. The Balaban J connectivity index is 2.04. The smallest absolute Gasteiger partial charge is 0.264 e. The summed E-state index contributed by atoms with van der Waals surface area (Å²) >= 11 is 12.4. The van der Waals surface area contributed by atoms with Gasteiger partial charge in [-0.2, -0.15) is 0 Å². The zero-order valence-corrected chi connectivity index (χ0v) is 24.8. The first-order chi connectivity index (χ1) is 18.4. The normalized spacial score (nSPS) is 12.1. The number of carbonyl (C=O) groups excluding carboxylic acids is 2. The van der Waals surface area contributed by atoms with E-state index in [2.05, 4.69) is 5.32 Å². The fraction of sp³-hybridized carbons (Fsp3) is 0.310. The van der Waals surface area contributed by atoms with Crippen molar-refractivity contribution in [1.29, 1.82) is 0 Å². The van der Waals surface area contributed by atoms with Crippen LogP contribution in [0.2, 0.25) is 10.0 Å². The summed E-state index contributed by atoms with van der Waals surface area (Å²) in [5.41, 5.74) is 2.89. The molecule has 0 bridgehead atoms. The monoisotopic (exact) mass is 589 g/mol. The summed E-state index contributed by atoms with van der Waals surface area (Å²) in [6, 6.07) is 17.4. The van der Waals surface area contributed by atoms with Gasteiger partial charge in [0.15, 0.2) is 0 Å². The van der Waals surface area contributed by atoms with E-state index in [1.807, 2.05) is 45.0 Å². The third-order valence-electron chi connectivity index (χ3n) is 6.21. The van der Waals surface area contributed by atoms with Crippen LogP contribution in [0.15, 0.2) is 71.6 Å². The van der Waals surface area contributed by atoms with Crippen LogP contribution < -0.4 is 9.62 Å². The van der Waals surface area contributed by atoms with Crippen molar-refractivity contribution in [3.8, 4) is 0 Å². The lowest BCUT2D eigenvalue weighted by Gasteiger charge is -2.32. The van der Waals surface area contributed by atoms with Crippen molar-refractivity contribution >= 4 is 50.7 Å². The first-order valence-corrected chi connectivity index (χ1v) is 14.8. The third kappa shape index (κ3) is 7.97. The number of hydrogen-bond acceptors (Lipinski definition) is 4. The molecule has 0 aliphatic heterocycles. The summed E-state index contributed by atoms with van der Waals surface area (Å²) < 4.78 is 28.7. The lowest BCUT2D eigenvalue weighted by Crippen LogP contribution is -2.51. The van der Waals surface area contributed by atoms with Gasteiger partial charge in [0.2, 0.25) is 11.8 Å². The highest BCUT2D eigenvalue weighted by atomic mass is 35.5. The summed E-state index contributed by atoms with van der Waals surface area (Å²) in [7, 11) is -4.20. The molecule has 0 spiro atoms. The number of aryl methyl sites for hydroxylation is 2. The maximum atomic E-state index is 13.9. The van der Waals surface area contributed by atoms with E-state index in [1.54, 1.807) is 19.1 Å². The highest BCUT2D eigenvalue weighted by Gasteiger charge is 2.32. The molecule has 1 unspecified atom stereocenters. The van der Waals surface area contributed by atoms with Crippen molar-refractivity contribution in [2.75, 3.05) is 17.4 Å². The van der Waals surface area contributed by atoms with Crippen LogP contribution in [-0.4, -0.2) is 44.3 Å². The topological polar surface area (TPSA) is 86.8 Å². The second kappa shape index (κ2) is 13.3. The van der Waals surface area contributed by atoms with E-state index in [4.69, 9.17) is 23.2 Å². The Hall–Kier alpha value is -3.07. The van der Waals surface area contributed by atoms with E-state index in [-0.39, 0.29) is 33.1 Å². The number of nitrogens with zero attached hydrogens (tertiary/aromatic N) is 2. The van der Waals surface area contributed by atoms with Gasteiger partial charge in [-0.1, -0.05) is 77.7 Å².